The van der Waals surface area contributed by atoms with E-state index in [4.69, 9.17) is 9.26 Å². The van der Waals surface area contributed by atoms with E-state index in [1.54, 1.807) is 12.0 Å². The van der Waals surface area contributed by atoms with Gasteiger partial charge in [-0.2, -0.15) is 4.98 Å². The summed E-state index contributed by atoms with van der Waals surface area (Å²) < 4.78 is 10.5. The number of rotatable bonds is 7. The number of hydrogen-bond donors (Lipinski definition) is 0. The average molecular weight is 367 g/mol. The number of nitrogens with zero attached hydrogens (tertiary/aromatic N) is 3. The fourth-order valence-corrected chi connectivity index (χ4v) is 2.87. The first-order chi connectivity index (χ1) is 13.0. The van der Waals surface area contributed by atoms with E-state index < -0.39 is 0 Å². The molecule has 1 amide bonds. The van der Waals surface area contributed by atoms with Gasteiger partial charge < -0.3 is 14.2 Å². The van der Waals surface area contributed by atoms with Gasteiger partial charge in [0.1, 0.15) is 5.75 Å². The van der Waals surface area contributed by atoms with Gasteiger partial charge in [0.15, 0.2) is 5.82 Å². The lowest BCUT2D eigenvalue weighted by molar-refractivity contribution is -0.130. The third kappa shape index (κ3) is 4.64. The highest BCUT2D eigenvalue weighted by molar-refractivity contribution is 5.84. The van der Waals surface area contributed by atoms with Gasteiger partial charge in [-0.05, 0) is 34.5 Å². The minimum atomic E-state index is 0.0501. The summed E-state index contributed by atoms with van der Waals surface area (Å²) in [5.41, 5.74) is 1.09. The molecule has 2 aromatic carbocycles. The van der Waals surface area contributed by atoms with Crippen molar-refractivity contribution < 1.29 is 14.1 Å². The van der Waals surface area contributed by atoms with E-state index in [1.807, 2.05) is 45.2 Å². The van der Waals surface area contributed by atoms with Crippen LogP contribution in [0.4, 0.5) is 0 Å². The van der Waals surface area contributed by atoms with Crippen LogP contribution < -0.4 is 4.74 Å². The second kappa shape index (κ2) is 8.20. The van der Waals surface area contributed by atoms with Crippen LogP contribution in [0.1, 0.15) is 43.5 Å². The Labute approximate surface area is 159 Å². The molecule has 0 atom stereocenters. The first-order valence-electron chi connectivity index (χ1n) is 9.09. The third-order valence-electron chi connectivity index (χ3n) is 4.51. The Morgan fingerprint density at radius 2 is 1.93 bits per heavy atom. The molecule has 0 aliphatic rings. The van der Waals surface area contributed by atoms with Crippen molar-refractivity contribution in [3.63, 3.8) is 0 Å². The van der Waals surface area contributed by atoms with E-state index in [9.17, 15) is 4.79 Å². The number of aromatic nitrogens is 2. The molecule has 0 saturated heterocycles. The summed E-state index contributed by atoms with van der Waals surface area (Å²) >= 11 is 0. The monoisotopic (exact) mass is 367 g/mol. The van der Waals surface area contributed by atoms with Crippen LogP contribution in [0.2, 0.25) is 0 Å². The van der Waals surface area contributed by atoms with Crippen molar-refractivity contribution in [1.29, 1.82) is 0 Å². The topological polar surface area (TPSA) is 68.5 Å². The number of carbonyl (C=O) groups is 1. The molecule has 142 valence electrons. The maximum absolute atomic E-state index is 12.4. The summed E-state index contributed by atoms with van der Waals surface area (Å²) in [6.45, 7) is 4.57. The Morgan fingerprint density at radius 3 is 2.63 bits per heavy atom. The van der Waals surface area contributed by atoms with Crippen LogP contribution in [0.5, 0.6) is 5.75 Å². The van der Waals surface area contributed by atoms with Crippen molar-refractivity contribution in [1.82, 2.24) is 15.0 Å². The number of hydrogen-bond acceptors (Lipinski definition) is 5. The molecule has 0 aliphatic carbocycles. The highest BCUT2D eigenvalue weighted by atomic mass is 16.5. The summed E-state index contributed by atoms with van der Waals surface area (Å²) in [5, 5.41) is 6.17. The Hall–Kier alpha value is -2.89. The average Bonchev–Trinajstić information content (AvgIpc) is 3.15. The summed E-state index contributed by atoms with van der Waals surface area (Å²) in [5.74, 6) is 2.30. The fourth-order valence-electron chi connectivity index (χ4n) is 2.87. The minimum absolute atomic E-state index is 0.0501. The van der Waals surface area contributed by atoms with Gasteiger partial charge in [0.25, 0.3) is 0 Å². The van der Waals surface area contributed by atoms with Crippen molar-refractivity contribution in [3.8, 4) is 5.75 Å². The molecule has 0 aliphatic heterocycles. The zero-order valence-electron chi connectivity index (χ0n) is 16.2. The van der Waals surface area contributed by atoms with Gasteiger partial charge in [-0.15, -0.1) is 0 Å². The molecule has 0 unspecified atom stereocenters. The molecule has 0 saturated carbocycles. The number of ether oxygens (including phenoxy) is 1. The minimum Gasteiger partial charge on any atom is -0.497 e. The quantitative estimate of drug-likeness (QED) is 0.632. The highest BCUT2D eigenvalue weighted by Gasteiger charge is 2.14. The summed E-state index contributed by atoms with van der Waals surface area (Å²) in [4.78, 5) is 18.5. The molecule has 0 fully saturated rings. The van der Waals surface area contributed by atoms with Crippen LogP contribution in [0.3, 0.4) is 0 Å². The first kappa shape index (κ1) is 18.9. The molecule has 27 heavy (non-hydrogen) atoms. The zero-order chi connectivity index (χ0) is 19.4. The molecule has 3 rings (SSSR count). The summed E-state index contributed by atoms with van der Waals surface area (Å²) in [6, 6.07) is 12.2. The second-order valence-corrected chi connectivity index (χ2v) is 7.00. The van der Waals surface area contributed by atoms with Crippen LogP contribution in [0.15, 0.2) is 40.9 Å². The Kier molecular flexibility index (Phi) is 5.74. The van der Waals surface area contributed by atoms with E-state index in [2.05, 4.69) is 22.3 Å². The maximum Gasteiger partial charge on any atom is 0.227 e. The van der Waals surface area contributed by atoms with Crippen LogP contribution in [-0.4, -0.2) is 35.1 Å². The largest absolute Gasteiger partial charge is 0.497 e. The zero-order valence-corrected chi connectivity index (χ0v) is 16.2. The second-order valence-electron chi connectivity index (χ2n) is 7.00. The van der Waals surface area contributed by atoms with Crippen LogP contribution in [0.25, 0.3) is 10.8 Å². The number of amides is 1. The third-order valence-corrected chi connectivity index (χ3v) is 4.51. The number of benzene rings is 2. The van der Waals surface area contributed by atoms with Crippen molar-refractivity contribution in [2.45, 2.75) is 39.2 Å². The molecule has 3 aromatic rings. The van der Waals surface area contributed by atoms with Gasteiger partial charge in [-0.3, -0.25) is 4.79 Å². The molecule has 6 heteroatoms. The smallest absolute Gasteiger partial charge is 0.227 e. The van der Waals surface area contributed by atoms with Gasteiger partial charge in [-0.1, -0.05) is 37.2 Å². The van der Waals surface area contributed by atoms with Gasteiger partial charge in [0.05, 0.1) is 7.11 Å². The molecule has 0 spiro atoms. The predicted molar refractivity (Wildman–Crippen MR) is 104 cm³/mol. The normalized spacial score (nSPS) is 11.1. The first-order valence-corrected chi connectivity index (χ1v) is 9.09. The van der Waals surface area contributed by atoms with Gasteiger partial charge in [-0.25, -0.2) is 0 Å². The molecular formula is C21H25N3O3. The molecule has 1 heterocycles. The standard InChI is InChI=1S/C21H25N3O3/c1-14(2)21-22-19(27-23-21)9-10-20(25)24(3)13-15-5-6-17-12-18(26-4)8-7-16(17)11-15/h5-8,11-12,14H,9-10,13H2,1-4H3. The summed E-state index contributed by atoms with van der Waals surface area (Å²) in [6.07, 6.45) is 0.807. The molecule has 6 nitrogen and oxygen atoms in total. The van der Waals surface area contributed by atoms with E-state index in [0.29, 0.717) is 31.1 Å². The van der Waals surface area contributed by atoms with Gasteiger partial charge >= 0.3 is 0 Å². The van der Waals surface area contributed by atoms with Crippen molar-refractivity contribution >= 4 is 16.7 Å². The van der Waals surface area contributed by atoms with E-state index in [0.717, 1.165) is 22.1 Å². The number of carbonyl (C=O) groups excluding carboxylic acids is 1. The van der Waals surface area contributed by atoms with E-state index in [1.165, 1.54) is 0 Å². The van der Waals surface area contributed by atoms with Gasteiger partial charge in [0.2, 0.25) is 11.8 Å². The number of fused-ring (bicyclic) bond motifs is 1. The Balaban J connectivity index is 1.59. The van der Waals surface area contributed by atoms with Crippen molar-refractivity contribution in [3.05, 3.63) is 53.7 Å². The lowest BCUT2D eigenvalue weighted by atomic mass is 10.1. The van der Waals surface area contributed by atoms with Crippen molar-refractivity contribution in [2.24, 2.45) is 0 Å². The molecule has 1 aromatic heterocycles. The van der Waals surface area contributed by atoms with E-state index >= 15 is 0 Å². The highest BCUT2D eigenvalue weighted by Crippen LogP contribution is 2.22. The maximum atomic E-state index is 12.4. The van der Waals surface area contributed by atoms with Gasteiger partial charge in [0, 0.05) is 32.4 Å². The molecular weight excluding hydrogens is 342 g/mol. The van der Waals surface area contributed by atoms with Crippen molar-refractivity contribution in [2.75, 3.05) is 14.2 Å². The van der Waals surface area contributed by atoms with Crippen LogP contribution in [0, 0.1) is 0 Å². The SMILES string of the molecule is COc1ccc2cc(CN(C)C(=O)CCc3nc(C(C)C)no3)ccc2c1. The summed E-state index contributed by atoms with van der Waals surface area (Å²) in [7, 11) is 3.47. The van der Waals surface area contributed by atoms with Crippen LogP contribution >= 0.6 is 0 Å². The lowest BCUT2D eigenvalue weighted by Gasteiger charge is -2.17. The molecule has 0 bridgehead atoms. The predicted octanol–water partition coefficient (Wildman–Crippen LogP) is 3.95. The molecule has 0 N–H and O–H groups in total. The Morgan fingerprint density at radius 1 is 1.19 bits per heavy atom. The number of aryl methyl sites for hydroxylation is 1. The number of methoxy groups -OCH3 is 1. The molecule has 0 radical (unpaired) electrons. The Bertz CT molecular complexity index is 933. The van der Waals surface area contributed by atoms with Crippen LogP contribution in [-0.2, 0) is 17.8 Å². The fraction of sp³-hybridized carbons (Fsp3) is 0.381. The lowest BCUT2D eigenvalue weighted by Crippen LogP contribution is -2.26. The van der Waals surface area contributed by atoms with E-state index in [-0.39, 0.29) is 11.8 Å².